The van der Waals surface area contributed by atoms with E-state index < -0.39 is 0 Å². The minimum Gasteiger partial charge on any atom is -0.392 e. The maximum atomic E-state index is 10.7. The number of aryl methyl sites for hydroxylation is 1. The van der Waals surface area contributed by atoms with Gasteiger partial charge < -0.3 is 10.8 Å². The Morgan fingerprint density at radius 2 is 2.22 bits per heavy atom. The summed E-state index contributed by atoms with van der Waals surface area (Å²) >= 11 is 0. The van der Waals surface area contributed by atoms with Gasteiger partial charge in [0, 0.05) is 25.2 Å². The Morgan fingerprint density at radius 1 is 1.50 bits per heavy atom. The molecule has 1 aromatic rings. The van der Waals surface area contributed by atoms with Gasteiger partial charge in [-0.15, -0.1) is 0 Å². The number of nitrogens with zero attached hydrogens (tertiary/aromatic N) is 2. The van der Waals surface area contributed by atoms with Gasteiger partial charge in [-0.1, -0.05) is 20.3 Å². The molecule has 0 aliphatic heterocycles. The van der Waals surface area contributed by atoms with Crippen LogP contribution in [0.2, 0.25) is 0 Å². The lowest BCUT2D eigenvalue weighted by molar-refractivity contribution is -0.0884. The van der Waals surface area contributed by atoms with Gasteiger partial charge in [0.2, 0.25) is 0 Å². The van der Waals surface area contributed by atoms with Gasteiger partial charge in [-0.3, -0.25) is 4.68 Å². The highest BCUT2D eigenvalue weighted by atomic mass is 16.3. The van der Waals surface area contributed by atoms with Crippen molar-refractivity contribution in [2.24, 2.45) is 23.6 Å². The number of nitrogens with two attached hydrogens (primary N) is 1. The molecule has 1 aliphatic rings. The average molecular weight is 251 g/mol. The van der Waals surface area contributed by atoms with Crippen molar-refractivity contribution in [3.05, 3.63) is 18.0 Å². The van der Waals surface area contributed by atoms with Gasteiger partial charge in [-0.05, 0) is 30.2 Å². The van der Waals surface area contributed by atoms with Crippen LogP contribution in [-0.2, 0) is 13.5 Å². The summed E-state index contributed by atoms with van der Waals surface area (Å²) in [5.41, 5.74) is 6.95. The molecule has 1 saturated carbocycles. The molecular weight excluding hydrogens is 226 g/mol. The highest BCUT2D eigenvalue weighted by Crippen LogP contribution is 2.47. The van der Waals surface area contributed by atoms with Crippen molar-refractivity contribution < 1.29 is 5.11 Å². The van der Waals surface area contributed by atoms with Crippen LogP contribution in [0.15, 0.2) is 12.4 Å². The van der Waals surface area contributed by atoms with E-state index in [9.17, 15) is 5.11 Å². The normalized spacial score (nSPS) is 31.5. The maximum absolute atomic E-state index is 10.7. The summed E-state index contributed by atoms with van der Waals surface area (Å²) in [7, 11) is 1.92. The Bertz CT molecular complexity index is 413. The second-order valence-electron chi connectivity index (χ2n) is 6.51. The quantitative estimate of drug-likeness (QED) is 0.855. The third kappa shape index (κ3) is 2.31. The fraction of sp³-hybridized carbons (Fsp3) is 0.786. The first kappa shape index (κ1) is 13.6. The second kappa shape index (κ2) is 4.67. The van der Waals surface area contributed by atoms with Crippen LogP contribution in [0.3, 0.4) is 0 Å². The first-order chi connectivity index (χ1) is 8.39. The Hall–Kier alpha value is -0.870. The molecule has 2 atom stereocenters. The van der Waals surface area contributed by atoms with E-state index in [2.05, 4.69) is 18.9 Å². The van der Waals surface area contributed by atoms with E-state index >= 15 is 0 Å². The van der Waals surface area contributed by atoms with Crippen LogP contribution in [0.5, 0.6) is 0 Å². The minimum atomic E-state index is -0.344. The predicted octanol–water partition coefficient (Wildman–Crippen LogP) is 1.48. The lowest BCUT2D eigenvalue weighted by Gasteiger charge is -2.49. The molecule has 0 saturated heterocycles. The van der Waals surface area contributed by atoms with Crippen LogP contribution >= 0.6 is 0 Å². The summed E-state index contributed by atoms with van der Waals surface area (Å²) in [4.78, 5) is 0. The van der Waals surface area contributed by atoms with E-state index in [0.29, 0.717) is 6.54 Å². The first-order valence-corrected chi connectivity index (χ1v) is 6.75. The molecule has 2 unspecified atom stereocenters. The number of aromatic nitrogens is 2. The Morgan fingerprint density at radius 3 is 2.78 bits per heavy atom. The van der Waals surface area contributed by atoms with Crippen molar-refractivity contribution in [1.82, 2.24) is 9.78 Å². The van der Waals surface area contributed by atoms with Crippen molar-refractivity contribution in [3.63, 3.8) is 0 Å². The zero-order chi connectivity index (χ0) is 13.4. The fourth-order valence-electron chi connectivity index (χ4n) is 3.44. The molecule has 0 aromatic carbocycles. The molecule has 0 radical (unpaired) electrons. The lowest BCUT2D eigenvalue weighted by Crippen LogP contribution is -2.53. The van der Waals surface area contributed by atoms with Crippen LogP contribution < -0.4 is 5.73 Å². The van der Waals surface area contributed by atoms with Crippen molar-refractivity contribution in [3.8, 4) is 0 Å². The van der Waals surface area contributed by atoms with Crippen LogP contribution in [0.1, 0.15) is 38.7 Å². The Balaban J connectivity index is 2.24. The molecule has 18 heavy (non-hydrogen) atoms. The molecule has 1 aliphatic carbocycles. The Labute approximate surface area is 109 Å². The number of hydrogen-bond donors (Lipinski definition) is 2. The molecule has 1 aromatic heterocycles. The average Bonchev–Trinajstić information content (AvgIpc) is 2.71. The molecule has 4 heteroatoms. The molecule has 0 bridgehead atoms. The van der Waals surface area contributed by atoms with Crippen LogP contribution in [0, 0.1) is 10.8 Å². The van der Waals surface area contributed by atoms with Crippen molar-refractivity contribution >= 4 is 0 Å². The second-order valence-corrected chi connectivity index (χ2v) is 6.51. The highest BCUT2D eigenvalue weighted by molar-refractivity contribution is 5.12. The van der Waals surface area contributed by atoms with Gasteiger partial charge in [-0.25, -0.2) is 0 Å². The third-order valence-corrected chi connectivity index (χ3v) is 4.54. The molecule has 1 fully saturated rings. The molecule has 2 rings (SSSR count). The molecule has 0 spiro atoms. The zero-order valence-corrected chi connectivity index (χ0v) is 11.7. The van der Waals surface area contributed by atoms with Crippen molar-refractivity contribution in [1.29, 1.82) is 0 Å². The van der Waals surface area contributed by atoms with Gasteiger partial charge in [0.25, 0.3) is 0 Å². The number of hydrogen-bond acceptors (Lipinski definition) is 3. The van der Waals surface area contributed by atoms with Crippen molar-refractivity contribution in [2.75, 3.05) is 6.54 Å². The molecular formula is C14H25N3O. The summed E-state index contributed by atoms with van der Waals surface area (Å²) in [6.07, 6.45) is 7.59. The van der Waals surface area contributed by atoms with Gasteiger partial charge in [0.05, 0.1) is 12.3 Å². The number of aliphatic hydroxyl groups excluding tert-OH is 1. The van der Waals surface area contributed by atoms with Crippen LogP contribution in [-0.4, -0.2) is 27.5 Å². The maximum Gasteiger partial charge on any atom is 0.0662 e. The van der Waals surface area contributed by atoms with E-state index in [1.165, 1.54) is 5.56 Å². The van der Waals surface area contributed by atoms with Gasteiger partial charge >= 0.3 is 0 Å². The molecule has 0 amide bonds. The van der Waals surface area contributed by atoms with E-state index in [1.54, 1.807) is 4.68 Å². The summed E-state index contributed by atoms with van der Waals surface area (Å²) in [6, 6.07) is 0. The minimum absolute atomic E-state index is 0.0418. The topological polar surface area (TPSA) is 64.1 Å². The molecule has 1 heterocycles. The Kier molecular flexibility index (Phi) is 3.52. The van der Waals surface area contributed by atoms with Crippen LogP contribution in [0.25, 0.3) is 0 Å². The smallest absolute Gasteiger partial charge is 0.0662 e. The first-order valence-electron chi connectivity index (χ1n) is 6.75. The number of rotatable bonds is 3. The largest absolute Gasteiger partial charge is 0.392 e. The SMILES string of the molecule is Cn1cc(CC2(CN)CCCC(C)(C)C2O)cn1. The standard InChI is InChI=1S/C14H25N3O/c1-13(2)5-4-6-14(10-15,12(13)18)7-11-8-16-17(3)9-11/h8-9,12,18H,4-7,10,15H2,1-3H3. The van der Waals surface area contributed by atoms with Crippen molar-refractivity contribution in [2.45, 2.75) is 45.6 Å². The zero-order valence-electron chi connectivity index (χ0n) is 11.7. The lowest BCUT2D eigenvalue weighted by atomic mass is 9.59. The van der Waals surface area contributed by atoms with Crippen LogP contribution in [0.4, 0.5) is 0 Å². The summed E-state index contributed by atoms with van der Waals surface area (Å²) in [6.45, 7) is 4.82. The summed E-state index contributed by atoms with van der Waals surface area (Å²) < 4.78 is 1.81. The third-order valence-electron chi connectivity index (χ3n) is 4.54. The fourth-order valence-corrected chi connectivity index (χ4v) is 3.44. The van der Waals surface area contributed by atoms with E-state index in [4.69, 9.17) is 5.73 Å². The van der Waals surface area contributed by atoms with E-state index in [1.807, 2.05) is 19.4 Å². The monoisotopic (exact) mass is 251 g/mol. The molecule has 102 valence electrons. The predicted molar refractivity (Wildman–Crippen MR) is 72.0 cm³/mol. The van der Waals surface area contributed by atoms with E-state index in [-0.39, 0.29) is 16.9 Å². The summed E-state index contributed by atoms with van der Waals surface area (Å²) in [5, 5.41) is 14.9. The van der Waals surface area contributed by atoms with Gasteiger partial charge in [-0.2, -0.15) is 5.10 Å². The highest BCUT2D eigenvalue weighted by Gasteiger charge is 2.47. The summed E-state index contributed by atoms with van der Waals surface area (Å²) in [5.74, 6) is 0. The number of aliphatic hydroxyl groups is 1. The molecule has 4 nitrogen and oxygen atoms in total. The van der Waals surface area contributed by atoms with Gasteiger partial charge in [0.15, 0.2) is 0 Å². The van der Waals surface area contributed by atoms with Gasteiger partial charge in [0.1, 0.15) is 0 Å². The molecule has 3 N–H and O–H groups in total. The van der Waals surface area contributed by atoms with E-state index in [0.717, 1.165) is 25.7 Å².